The molecule has 0 aliphatic rings. The molecule has 162 valence electrons. The summed E-state index contributed by atoms with van der Waals surface area (Å²) in [6, 6.07) is 11.0. The van der Waals surface area contributed by atoms with Crippen molar-refractivity contribution in [2.45, 2.75) is 32.4 Å². The molecule has 0 fully saturated rings. The lowest BCUT2D eigenvalue weighted by Gasteiger charge is -2.26. The normalized spacial score (nSPS) is 11.4. The summed E-state index contributed by atoms with van der Waals surface area (Å²) in [7, 11) is 0. The highest BCUT2D eigenvalue weighted by atomic mass is 19.4. The Morgan fingerprint density at radius 2 is 1.84 bits per heavy atom. The zero-order valence-electron chi connectivity index (χ0n) is 17.4. The molecule has 0 spiro atoms. The first-order valence-corrected chi connectivity index (χ1v) is 9.89. The fraction of sp³-hybridized carbons (Fsp3) is 0.261. The molecular weight excluding hydrogens is 403 g/mol. The molecule has 0 aliphatic carbocycles. The van der Waals surface area contributed by atoms with E-state index in [1.807, 2.05) is 38.1 Å². The largest absolute Gasteiger partial charge is 0.421 e. The second-order valence-electron chi connectivity index (χ2n) is 7.23. The number of halogens is 3. The summed E-state index contributed by atoms with van der Waals surface area (Å²) in [6.45, 7) is 8.17. The Hall–Kier alpha value is -3.42. The molecule has 0 radical (unpaired) electrons. The van der Waals surface area contributed by atoms with Crippen molar-refractivity contribution in [1.82, 2.24) is 15.0 Å². The topological polar surface area (TPSA) is 53.9 Å². The van der Waals surface area contributed by atoms with Crippen molar-refractivity contribution < 1.29 is 13.2 Å². The van der Waals surface area contributed by atoms with Crippen LogP contribution in [0.3, 0.4) is 0 Å². The summed E-state index contributed by atoms with van der Waals surface area (Å²) in [5, 5.41) is 3.01. The van der Waals surface area contributed by atoms with Crippen LogP contribution in [0.25, 0.3) is 0 Å². The second kappa shape index (κ2) is 9.59. The van der Waals surface area contributed by atoms with Crippen molar-refractivity contribution in [2.75, 3.05) is 16.8 Å². The van der Waals surface area contributed by atoms with Crippen molar-refractivity contribution in [3.63, 3.8) is 0 Å². The van der Waals surface area contributed by atoms with Gasteiger partial charge in [-0.25, -0.2) is 4.98 Å². The molecule has 1 N–H and O–H groups in total. The molecule has 5 nitrogen and oxygen atoms in total. The Kier molecular flexibility index (Phi) is 6.89. The molecule has 0 atom stereocenters. The number of aromatic nitrogens is 3. The quantitative estimate of drug-likeness (QED) is 0.481. The van der Waals surface area contributed by atoms with Crippen molar-refractivity contribution in [3.8, 4) is 0 Å². The Morgan fingerprint density at radius 1 is 1.13 bits per heavy atom. The number of rotatable bonds is 8. The van der Waals surface area contributed by atoms with Gasteiger partial charge in [0.15, 0.2) is 5.82 Å². The standard InChI is InChI=1S/C23H24F3N5/c1-4-31(20-8-6-5-7-18(20)16(2)3)21-19(23(24,25)26)15-29-22(30-21)28-14-11-17-9-12-27-13-10-17/h4-10,12-13,15-16H,1,11,14H2,2-3H3,(H,28,29,30). The van der Waals surface area contributed by atoms with Crippen LogP contribution in [0.15, 0.2) is 67.8 Å². The van der Waals surface area contributed by atoms with Gasteiger partial charge in [-0.2, -0.15) is 18.2 Å². The van der Waals surface area contributed by atoms with E-state index in [1.54, 1.807) is 24.5 Å². The van der Waals surface area contributed by atoms with Crippen molar-refractivity contribution in [1.29, 1.82) is 0 Å². The first kappa shape index (κ1) is 22.3. The van der Waals surface area contributed by atoms with E-state index in [-0.39, 0.29) is 17.7 Å². The van der Waals surface area contributed by atoms with Gasteiger partial charge in [-0.15, -0.1) is 0 Å². The fourth-order valence-corrected chi connectivity index (χ4v) is 3.20. The SMILES string of the molecule is C=CN(c1ccccc1C(C)C)c1nc(NCCc2ccncc2)ncc1C(F)(F)F. The molecule has 3 aromatic rings. The highest BCUT2D eigenvalue weighted by Gasteiger charge is 2.37. The first-order chi connectivity index (χ1) is 14.8. The molecule has 1 aromatic carbocycles. The van der Waals surface area contributed by atoms with E-state index >= 15 is 0 Å². The highest BCUT2D eigenvalue weighted by molar-refractivity contribution is 5.70. The molecular formula is C23H24F3N5. The third-order valence-corrected chi connectivity index (χ3v) is 4.75. The van der Waals surface area contributed by atoms with Gasteiger partial charge in [0, 0.05) is 31.3 Å². The third-order valence-electron chi connectivity index (χ3n) is 4.75. The van der Waals surface area contributed by atoms with E-state index in [1.165, 1.54) is 11.1 Å². The average molecular weight is 427 g/mol. The Morgan fingerprint density at radius 3 is 2.48 bits per heavy atom. The smallest absolute Gasteiger partial charge is 0.354 e. The molecule has 0 amide bonds. The molecule has 0 unspecified atom stereocenters. The lowest BCUT2D eigenvalue weighted by Crippen LogP contribution is -2.20. The molecule has 0 saturated heterocycles. The summed E-state index contributed by atoms with van der Waals surface area (Å²) in [4.78, 5) is 13.4. The van der Waals surface area contributed by atoms with Crippen LogP contribution in [-0.2, 0) is 12.6 Å². The number of nitrogens with one attached hydrogen (secondary N) is 1. The van der Waals surface area contributed by atoms with Crippen LogP contribution in [-0.4, -0.2) is 21.5 Å². The van der Waals surface area contributed by atoms with E-state index < -0.39 is 11.7 Å². The summed E-state index contributed by atoms with van der Waals surface area (Å²) in [6.07, 6.45) is 1.58. The number of pyridine rings is 1. The molecule has 2 heterocycles. The van der Waals surface area contributed by atoms with Gasteiger partial charge in [-0.3, -0.25) is 4.98 Å². The van der Waals surface area contributed by atoms with Gasteiger partial charge in [0.1, 0.15) is 5.56 Å². The molecule has 31 heavy (non-hydrogen) atoms. The summed E-state index contributed by atoms with van der Waals surface area (Å²) >= 11 is 0. The Bertz CT molecular complexity index is 1020. The molecule has 0 aliphatic heterocycles. The van der Waals surface area contributed by atoms with Crippen LogP contribution < -0.4 is 10.2 Å². The number of nitrogens with zero attached hydrogens (tertiary/aromatic N) is 4. The van der Waals surface area contributed by atoms with Gasteiger partial charge in [0.2, 0.25) is 5.95 Å². The van der Waals surface area contributed by atoms with Gasteiger partial charge in [0.05, 0.1) is 5.69 Å². The zero-order chi connectivity index (χ0) is 22.4. The number of benzene rings is 1. The van der Waals surface area contributed by atoms with Crippen molar-refractivity contribution in [3.05, 3.63) is 84.5 Å². The van der Waals surface area contributed by atoms with Gasteiger partial charge >= 0.3 is 6.18 Å². The number of hydrogen-bond donors (Lipinski definition) is 1. The van der Waals surface area contributed by atoms with E-state index in [4.69, 9.17) is 0 Å². The molecule has 8 heteroatoms. The molecule has 0 bridgehead atoms. The van der Waals surface area contributed by atoms with Gasteiger partial charge in [-0.05, 0) is 41.7 Å². The maximum absolute atomic E-state index is 13.8. The van der Waals surface area contributed by atoms with Crippen LogP contribution in [0.2, 0.25) is 0 Å². The van der Waals surface area contributed by atoms with Crippen molar-refractivity contribution >= 4 is 17.5 Å². The van der Waals surface area contributed by atoms with E-state index in [0.717, 1.165) is 17.3 Å². The van der Waals surface area contributed by atoms with Gasteiger partial charge in [0.25, 0.3) is 0 Å². The fourth-order valence-electron chi connectivity index (χ4n) is 3.20. The predicted molar refractivity (Wildman–Crippen MR) is 116 cm³/mol. The average Bonchev–Trinajstić information content (AvgIpc) is 2.75. The summed E-state index contributed by atoms with van der Waals surface area (Å²) in [5.41, 5.74) is 1.61. The van der Waals surface area contributed by atoms with Crippen LogP contribution >= 0.6 is 0 Å². The maximum atomic E-state index is 13.8. The monoisotopic (exact) mass is 427 g/mol. The van der Waals surface area contributed by atoms with Gasteiger partial charge in [-0.1, -0.05) is 38.6 Å². The van der Waals surface area contributed by atoms with Crippen LogP contribution in [0.5, 0.6) is 0 Å². The minimum absolute atomic E-state index is 0.104. The number of hydrogen-bond acceptors (Lipinski definition) is 5. The maximum Gasteiger partial charge on any atom is 0.421 e. The second-order valence-corrected chi connectivity index (χ2v) is 7.23. The lowest BCUT2D eigenvalue weighted by atomic mass is 10.0. The van der Waals surface area contributed by atoms with E-state index in [0.29, 0.717) is 18.7 Å². The van der Waals surface area contributed by atoms with Crippen LogP contribution in [0.1, 0.15) is 36.5 Å². The van der Waals surface area contributed by atoms with E-state index in [9.17, 15) is 13.2 Å². The summed E-state index contributed by atoms with van der Waals surface area (Å²) < 4.78 is 41.3. The first-order valence-electron chi connectivity index (χ1n) is 9.89. The Balaban J connectivity index is 1.96. The molecule has 0 saturated carbocycles. The summed E-state index contributed by atoms with van der Waals surface area (Å²) in [5.74, 6) is -0.0456. The number of alkyl halides is 3. The van der Waals surface area contributed by atoms with Gasteiger partial charge < -0.3 is 10.2 Å². The predicted octanol–water partition coefficient (Wildman–Crippen LogP) is 5.95. The molecule has 3 rings (SSSR count). The highest BCUT2D eigenvalue weighted by Crippen LogP contribution is 2.40. The Labute approximate surface area is 179 Å². The lowest BCUT2D eigenvalue weighted by molar-refractivity contribution is -0.137. The minimum Gasteiger partial charge on any atom is -0.354 e. The molecule has 2 aromatic heterocycles. The van der Waals surface area contributed by atoms with Crippen LogP contribution in [0, 0.1) is 0 Å². The number of para-hydroxylation sites is 1. The third kappa shape index (κ3) is 5.39. The van der Waals surface area contributed by atoms with Crippen LogP contribution in [0.4, 0.5) is 30.6 Å². The zero-order valence-corrected chi connectivity index (χ0v) is 17.4. The van der Waals surface area contributed by atoms with E-state index in [2.05, 4.69) is 26.8 Å². The minimum atomic E-state index is -4.61. The van der Waals surface area contributed by atoms with Crippen molar-refractivity contribution in [2.24, 2.45) is 0 Å². The number of anilines is 3.